The number of anilines is 1. The molecule has 1 heterocycles. The number of hydrogen-bond donors (Lipinski definition) is 3. The van der Waals surface area contributed by atoms with Crippen LogP contribution < -0.4 is 5.32 Å². The van der Waals surface area contributed by atoms with Gasteiger partial charge in [-0.1, -0.05) is 12.1 Å². The van der Waals surface area contributed by atoms with E-state index in [0.29, 0.717) is 11.3 Å². The molecule has 0 spiro atoms. The minimum atomic E-state index is -1.26. The Morgan fingerprint density at radius 3 is 2.00 bits per heavy atom. The topological polar surface area (TPSA) is 117 Å². The van der Waals surface area contributed by atoms with E-state index in [2.05, 4.69) is 10.3 Å². The summed E-state index contributed by atoms with van der Waals surface area (Å²) in [6, 6.07) is 6.38. The maximum absolute atomic E-state index is 11.7. The van der Waals surface area contributed by atoms with Crippen LogP contribution in [0.15, 0.2) is 24.3 Å². The van der Waals surface area contributed by atoms with Gasteiger partial charge in [-0.25, -0.2) is 9.59 Å². The zero-order chi connectivity index (χ0) is 18.0. The number of carboxylic acids is 2. The molecule has 2 rings (SSSR count). The monoisotopic (exact) mass is 328 g/mol. The van der Waals surface area contributed by atoms with E-state index >= 15 is 0 Å². The van der Waals surface area contributed by atoms with Gasteiger partial charge in [0.15, 0.2) is 0 Å². The Morgan fingerprint density at radius 2 is 1.54 bits per heavy atom. The number of amides is 1. The lowest BCUT2D eigenvalue weighted by molar-refractivity contribution is -0.114. The van der Waals surface area contributed by atoms with E-state index < -0.39 is 11.9 Å². The molecular weight excluding hydrogens is 312 g/mol. The minimum Gasteiger partial charge on any atom is -0.478 e. The van der Waals surface area contributed by atoms with E-state index in [4.69, 9.17) is 0 Å². The van der Waals surface area contributed by atoms with Crippen molar-refractivity contribution in [3.05, 3.63) is 46.8 Å². The second kappa shape index (κ2) is 6.49. The molecule has 0 saturated heterocycles. The summed E-state index contributed by atoms with van der Waals surface area (Å²) in [5.41, 5.74) is 1.02. The van der Waals surface area contributed by atoms with Crippen LogP contribution in [0.2, 0.25) is 0 Å². The van der Waals surface area contributed by atoms with Crippen molar-refractivity contribution >= 4 is 23.5 Å². The molecule has 1 aromatic heterocycles. The number of aryl methyl sites for hydroxylation is 2. The highest BCUT2D eigenvalue weighted by molar-refractivity contribution is 6.06. The lowest BCUT2D eigenvalue weighted by Gasteiger charge is -2.15. The lowest BCUT2D eigenvalue weighted by Crippen LogP contribution is -2.14. The van der Waals surface area contributed by atoms with Gasteiger partial charge in [0.25, 0.3) is 0 Å². The van der Waals surface area contributed by atoms with E-state index in [9.17, 15) is 24.6 Å². The average Bonchev–Trinajstić information content (AvgIpc) is 2.44. The molecule has 0 bridgehead atoms. The highest BCUT2D eigenvalue weighted by Crippen LogP contribution is 2.32. The summed E-state index contributed by atoms with van der Waals surface area (Å²) in [4.78, 5) is 38.6. The van der Waals surface area contributed by atoms with E-state index in [1.54, 1.807) is 18.2 Å². The average molecular weight is 328 g/mol. The fourth-order valence-corrected chi connectivity index (χ4v) is 2.62. The number of carbonyl (C=O) groups is 3. The van der Waals surface area contributed by atoms with E-state index in [0.717, 1.165) is 0 Å². The van der Waals surface area contributed by atoms with Gasteiger partial charge in [-0.2, -0.15) is 0 Å². The smallest absolute Gasteiger partial charge is 0.338 e. The first kappa shape index (κ1) is 17.1. The Bertz CT molecular complexity index is 820. The van der Waals surface area contributed by atoms with Crippen LogP contribution in [-0.2, 0) is 4.79 Å². The van der Waals surface area contributed by atoms with Gasteiger partial charge in [0.2, 0.25) is 5.91 Å². The second-order valence-corrected chi connectivity index (χ2v) is 5.28. The highest BCUT2D eigenvalue weighted by Gasteiger charge is 2.25. The van der Waals surface area contributed by atoms with Crippen LogP contribution in [0.1, 0.15) is 39.0 Å². The van der Waals surface area contributed by atoms with Crippen LogP contribution >= 0.6 is 0 Å². The first-order valence-electron chi connectivity index (χ1n) is 7.08. The standard InChI is InChI=1S/C17H16N2O5/c1-8-13(16(21)22)15(14(17(23)24)9(2)18-8)11-5-4-6-12(7-11)19-10(3)20/h4-7H,1-3H3,(H,19,20)(H,21,22)(H,23,24). The molecule has 0 saturated carbocycles. The van der Waals surface area contributed by atoms with Crippen LogP contribution in [0, 0.1) is 13.8 Å². The van der Waals surface area contributed by atoms with E-state index in [1.807, 2.05) is 0 Å². The van der Waals surface area contributed by atoms with Gasteiger partial charge in [-0.05, 0) is 31.5 Å². The van der Waals surface area contributed by atoms with Crippen LogP contribution in [0.25, 0.3) is 11.1 Å². The van der Waals surface area contributed by atoms with Gasteiger partial charge in [0.05, 0.1) is 22.5 Å². The van der Waals surface area contributed by atoms with Crippen molar-refractivity contribution in [1.29, 1.82) is 0 Å². The normalized spacial score (nSPS) is 10.3. The maximum atomic E-state index is 11.7. The molecule has 0 radical (unpaired) electrons. The summed E-state index contributed by atoms with van der Waals surface area (Å²) >= 11 is 0. The molecule has 7 heteroatoms. The third-order valence-corrected chi connectivity index (χ3v) is 3.46. The lowest BCUT2D eigenvalue weighted by atomic mass is 9.92. The molecular formula is C17H16N2O5. The molecule has 0 aliphatic heterocycles. The summed E-state index contributed by atoms with van der Waals surface area (Å²) in [5.74, 6) is -2.81. The highest BCUT2D eigenvalue weighted by atomic mass is 16.4. The molecule has 2 aromatic rings. The maximum Gasteiger partial charge on any atom is 0.338 e. The van der Waals surface area contributed by atoms with Gasteiger partial charge in [0, 0.05) is 18.2 Å². The molecule has 1 amide bonds. The van der Waals surface area contributed by atoms with Crippen molar-refractivity contribution in [1.82, 2.24) is 4.98 Å². The predicted octanol–water partition coefficient (Wildman–Crippen LogP) is 2.72. The Hall–Kier alpha value is -3.22. The molecule has 0 aliphatic rings. The van der Waals surface area contributed by atoms with Crippen molar-refractivity contribution in [3.8, 4) is 11.1 Å². The summed E-state index contributed by atoms with van der Waals surface area (Å²) in [6.45, 7) is 4.38. The van der Waals surface area contributed by atoms with Crippen molar-refractivity contribution in [2.75, 3.05) is 5.32 Å². The number of carboxylic acid groups (broad SMARTS) is 2. The van der Waals surface area contributed by atoms with Gasteiger partial charge in [-0.15, -0.1) is 0 Å². The van der Waals surface area contributed by atoms with Gasteiger partial charge < -0.3 is 15.5 Å². The first-order valence-corrected chi connectivity index (χ1v) is 7.08. The molecule has 7 nitrogen and oxygen atoms in total. The number of pyridine rings is 1. The molecule has 1 aromatic carbocycles. The molecule has 0 aliphatic carbocycles. The SMILES string of the molecule is CC(=O)Nc1cccc(-c2c(C(=O)O)c(C)nc(C)c2C(=O)O)c1. The third-order valence-electron chi connectivity index (χ3n) is 3.46. The summed E-state index contributed by atoms with van der Waals surface area (Å²) in [5, 5.41) is 21.6. The quantitative estimate of drug-likeness (QED) is 0.794. The summed E-state index contributed by atoms with van der Waals surface area (Å²) in [6.07, 6.45) is 0. The minimum absolute atomic E-state index is 0.0761. The number of nitrogens with zero attached hydrogens (tertiary/aromatic N) is 1. The van der Waals surface area contributed by atoms with Crippen LogP contribution in [0.4, 0.5) is 5.69 Å². The first-order chi connectivity index (χ1) is 11.2. The van der Waals surface area contributed by atoms with Crippen molar-refractivity contribution in [3.63, 3.8) is 0 Å². The van der Waals surface area contributed by atoms with Gasteiger partial charge >= 0.3 is 11.9 Å². The second-order valence-electron chi connectivity index (χ2n) is 5.28. The Labute approximate surface area is 138 Å². The number of rotatable bonds is 4. The molecule has 0 fully saturated rings. The van der Waals surface area contributed by atoms with E-state index in [-0.39, 0.29) is 34.0 Å². The van der Waals surface area contributed by atoms with Crippen molar-refractivity contribution < 1.29 is 24.6 Å². The molecule has 124 valence electrons. The number of hydrogen-bond acceptors (Lipinski definition) is 4. The number of aromatic carboxylic acids is 2. The largest absolute Gasteiger partial charge is 0.478 e. The molecule has 0 unspecified atom stereocenters. The fraction of sp³-hybridized carbons (Fsp3) is 0.176. The van der Waals surface area contributed by atoms with Crippen molar-refractivity contribution in [2.24, 2.45) is 0 Å². The molecule has 0 atom stereocenters. The van der Waals surface area contributed by atoms with Crippen LogP contribution in [0.3, 0.4) is 0 Å². The van der Waals surface area contributed by atoms with Crippen molar-refractivity contribution in [2.45, 2.75) is 20.8 Å². The Morgan fingerprint density at radius 1 is 1.00 bits per heavy atom. The molecule has 3 N–H and O–H groups in total. The van der Waals surface area contributed by atoms with Gasteiger partial charge in [0.1, 0.15) is 0 Å². The summed E-state index contributed by atoms with van der Waals surface area (Å²) in [7, 11) is 0. The predicted molar refractivity (Wildman–Crippen MR) is 87.4 cm³/mol. The van der Waals surface area contributed by atoms with E-state index in [1.165, 1.54) is 26.8 Å². The van der Waals surface area contributed by atoms with Crippen LogP contribution in [0.5, 0.6) is 0 Å². The third kappa shape index (κ3) is 3.24. The van der Waals surface area contributed by atoms with Gasteiger partial charge in [-0.3, -0.25) is 9.78 Å². The number of carbonyl (C=O) groups excluding carboxylic acids is 1. The Balaban J connectivity index is 2.83. The molecule has 24 heavy (non-hydrogen) atoms. The number of nitrogens with one attached hydrogen (secondary N) is 1. The fourth-order valence-electron chi connectivity index (χ4n) is 2.62. The zero-order valence-corrected chi connectivity index (χ0v) is 13.4. The Kier molecular flexibility index (Phi) is 4.64. The number of aromatic nitrogens is 1. The zero-order valence-electron chi connectivity index (χ0n) is 13.4. The van der Waals surface area contributed by atoms with Crippen LogP contribution in [-0.4, -0.2) is 33.0 Å². The summed E-state index contributed by atoms with van der Waals surface area (Å²) < 4.78 is 0. The number of benzene rings is 1.